The molecule has 1 N–H and O–H groups in total. The second-order valence-corrected chi connectivity index (χ2v) is 6.07. The summed E-state index contributed by atoms with van der Waals surface area (Å²) in [6.45, 7) is 2.89. The maximum Gasteiger partial charge on any atom is 0.325 e. The fourth-order valence-corrected chi connectivity index (χ4v) is 3.04. The van der Waals surface area contributed by atoms with Crippen LogP contribution < -0.4 is 5.32 Å². The maximum atomic E-state index is 11.8. The van der Waals surface area contributed by atoms with Gasteiger partial charge in [0.25, 0.3) is 0 Å². The highest BCUT2D eigenvalue weighted by molar-refractivity contribution is 5.80. The van der Waals surface area contributed by atoms with Gasteiger partial charge in [0.2, 0.25) is 0 Å². The zero-order valence-corrected chi connectivity index (χ0v) is 13.4. The van der Waals surface area contributed by atoms with Gasteiger partial charge >= 0.3 is 5.97 Å². The zero-order chi connectivity index (χ0) is 15.3. The van der Waals surface area contributed by atoms with Crippen LogP contribution in [0.1, 0.15) is 50.4 Å². The predicted molar refractivity (Wildman–Crippen MR) is 82.2 cm³/mol. The lowest BCUT2D eigenvalue weighted by Crippen LogP contribution is -2.48. The van der Waals surface area contributed by atoms with E-state index in [0.29, 0.717) is 0 Å². The lowest BCUT2D eigenvalue weighted by molar-refractivity contribution is -0.148. The van der Waals surface area contributed by atoms with E-state index in [4.69, 9.17) is 4.74 Å². The first-order valence-electron chi connectivity index (χ1n) is 7.91. The summed E-state index contributed by atoms with van der Waals surface area (Å²) < 4.78 is 7.16. The number of esters is 1. The Bertz CT molecular complexity index is 484. The summed E-state index contributed by atoms with van der Waals surface area (Å²) in [5, 5.41) is 3.08. The number of likely N-dealkylation sites (N-methyl/N-ethyl adjacent to an activating group) is 1. The Hall–Kier alpha value is -1.36. The Morgan fingerprint density at radius 2 is 2.19 bits per heavy atom. The molecular formula is C16H27N3O2. The molecule has 1 aromatic heterocycles. The van der Waals surface area contributed by atoms with Gasteiger partial charge in [0.05, 0.1) is 19.1 Å². The molecule has 5 nitrogen and oxygen atoms in total. The van der Waals surface area contributed by atoms with Gasteiger partial charge in [-0.25, -0.2) is 4.98 Å². The average Bonchev–Trinajstić information content (AvgIpc) is 2.93. The Balaban J connectivity index is 1.82. The molecule has 0 amide bonds. The first-order valence-corrected chi connectivity index (χ1v) is 7.91. The van der Waals surface area contributed by atoms with Crippen LogP contribution in [-0.2, 0) is 28.9 Å². The minimum atomic E-state index is -0.580. The van der Waals surface area contributed by atoms with E-state index < -0.39 is 5.54 Å². The molecule has 1 unspecified atom stereocenters. The van der Waals surface area contributed by atoms with Crippen LogP contribution >= 0.6 is 0 Å². The normalized spacial score (nSPS) is 17.1. The van der Waals surface area contributed by atoms with Gasteiger partial charge < -0.3 is 14.6 Å². The van der Waals surface area contributed by atoms with Crippen molar-refractivity contribution in [1.29, 1.82) is 0 Å². The molecule has 0 saturated heterocycles. The predicted octanol–water partition coefficient (Wildman–Crippen LogP) is 2.08. The number of ether oxygens (including phenoxy) is 1. The summed E-state index contributed by atoms with van der Waals surface area (Å²) in [4.78, 5) is 16.3. The van der Waals surface area contributed by atoms with Gasteiger partial charge in [-0.3, -0.25) is 4.79 Å². The van der Waals surface area contributed by atoms with E-state index in [1.54, 1.807) is 0 Å². The van der Waals surface area contributed by atoms with E-state index in [2.05, 4.69) is 14.9 Å². The van der Waals surface area contributed by atoms with Gasteiger partial charge in [0.1, 0.15) is 5.54 Å². The summed E-state index contributed by atoms with van der Waals surface area (Å²) >= 11 is 0. The van der Waals surface area contributed by atoms with Crippen LogP contribution in [0.2, 0.25) is 0 Å². The second-order valence-electron chi connectivity index (χ2n) is 6.07. The fourth-order valence-electron chi connectivity index (χ4n) is 3.04. The van der Waals surface area contributed by atoms with Crippen molar-refractivity contribution in [2.24, 2.45) is 0 Å². The molecule has 0 radical (unpaired) electrons. The number of aryl methyl sites for hydroxylation is 2. The first-order chi connectivity index (χ1) is 10.1. The molecule has 1 atom stereocenters. The van der Waals surface area contributed by atoms with Gasteiger partial charge in [-0.1, -0.05) is 0 Å². The molecule has 0 spiro atoms. The lowest BCUT2D eigenvalue weighted by atomic mass is 9.95. The van der Waals surface area contributed by atoms with Gasteiger partial charge in [0.15, 0.2) is 0 Å². The highest BCUT2D eigenvalue weighted by Crippen LogP contribution is 2.21. The van der Waals surface area contributed by atoms with Crippen molar-refractivity contribution in [3.05, 3.63) is 17.7 Å². The lowest BCUT2D eigenvalue weighted by Gasteiger charge is -2.26. The van der Waals surface area contributed by atoms with Crippen LogP contribution in [0.3, 0.4) is 0 Å². The third-order valence-electron chi connectivity index (χ3n) is 4.62. The van der Waals surface area contributed by atoms with Crippen LogP contribution in [-0.4, -0.2) is 35.2 Å². The number of fused-ring (bicyclic) bond motifs is 1. The zero-order valence-electron chi connectivity index (χ0n) is 13.4. The number of methoxy groups -OCH3 is 1. The van der Waals surface area contributed by atoms with E-state index >= 15 is 0 Å². The number of rotatable bonds is 7. The number of carbonyl (C=O) groups is 1. The van der Waals surface area contributed by atoms with E-state index in [-0.39, 0.29) is 5.97 Å². The Kier molecular flexibility index (Phi) is 5.39. The van der Waals surface area contributed by atoms with Crippen molar-refractivity contribution in [1.82, 2.24) is 14.9 Å². The van der Waals surface area contributed by atoms with Crippen LogP contribution in [0, 0.1) is 0 Å². The van der Waals surface area contributed by atoms with Crippen molar-refractivity contribution in [2.75, 3.05) is 14.2 Å². The number of nitrogens with zero attached hydrogens (tertiary/aromatic N) is 2. The first kappa shape index (κ1) is 16.0. The Morgan fingerprint density at radius 3 is 2.90 bits per heavy atom. The van der Waals surface area contributed by atoms with Crippen LogP contribution in [0.4, 0.5) is 0 Å². The molecule has 0 aliphatic heterocycles. The van der Waals surface area contributed by atoms with E-state index in [1.807, 2.05) is 20.3 Å². The molecule has 0 aromatic carbocycles. The Labute approximate surface area is 127 Å². The van der Waals surface area contributed by atoms with Crippen LogP contribution in [0.25, 0.3) is 0 Å². The number of unbranched alkanes of at least 4 members (excludes halogenated alkanes) is 1. The van der Waals surface area contributed by atoms with E-state index in [0.717, 1.165) is 38.6 Å². The molecule has 1 aliphatic carbocycles. The van der Waals surface area contributed by atoms with E-state index in [9.17, 15) is 4.79 Å². The van der Waals surface area contributed by atoms with Crippen molar-refractivity contribution in [2.45, 2.75) is 64.0 Å². The molecular weight excluding hydrogens is 266 g/mol. The van der Waals surface area contributed by atoms with Crippen LogP contribution in [0.5, 0.6) is 0 Å². The van der Waals surface area contributed by atoms with Gasteiger partial charge in [-0.2, -0.15) is 0 Å². The monoisotopic (exact) mass is 293 g/mol. The van der Waals surface area contributed by atoms with E-state index in [1.165, 1.54) is 31.3 Å². The summed E-state index contributed by atoms with van der Waals surface area (Å²) in [5.41, 5.74) is 2.13. The molecule has 1 aromatic rings. The SMILES string of the molecule is CNC(C)(CCCCn1cnc2c1CCCC2)C(=O)OC. The number of imidazole rings is 1. The van der Waals surface area contributed by atoms with Gasteiger partial charge in [-0.15, -0.1) is 0 Å². The fraction of sp³-hybridized carbons (Fsp3) is 0.750. The molecule has 0 fully saturated rings. The number of hydrogen-bond acceptors (Lipinski definition) is 4. The summed E-state index contributed by atoms with van der Waals surface area (Å²) in [6, 6.07) is 0. The summed E-state index contributed by atoms with van der Waals surface area (Å²) in [6.07, 6.45) is 9.63. The summed E-state index contributed by atoms with van der Waals surface area (Å²) in [7, 11) is 3.25. The third kappa shape index (κ3) is 3.64. The van der Waals surface area contributed by atoms with Gasteiger partial charge in [0, 0.05) is 12.2 Å². The third-order valence-corrected chi connectivity index (χ3v) is 4.62. The molecule has 118 valence electrons. The quantitative estimate of drug-likeness (QED) is 0.618. The maximum absolute atomic E-state index is 11.8. The molecule has 5 heteroatoms. The average molecular weight is 293 g/mol. The smallest absolute Gasteiger partial charge is 0.325 e. The number of nitrogens with one attached hydrogen (secondary N) is 1. The minimum Gasteiger partial charge on any atom is -0.468 e. The van der Waals surface area contributed by atoms with Crippen molar-refractivity contribution < 1.29 is 9.53 Å². The highest BCUT2D eigenvalue weighted by atomic mass is 16.5. The minimum absolute atomic E-state index is 0.190. The molecule has 0 saturated carbocycles. The van der Waals surface area contributed by atoms with Crippen molar-refractivity contribution in [3.8, 4) is 0 Å². The number of aromatic nitrogens is 2. The second kappa shape index (κ2) is 7.07. The molecule has 1 heterocycles. The standard InChI is InChI=1S/C16H27N3O2/c1-16(17-2,15(20)21-3)10-6-7-11-19-12-18-13-8-4-5-9-14(13)19/h12,17H,4-11H2,1-3H3. The molecule has 0 bridgehead atoms. The molecule has 1 aliphatic rings. The Morgan fingerprint density at radius 1 is 1.43 bits per heavy atom. The molecule has 2 rings (SSSR count). The largest absolute Gasteiger partial charge is 0.468 e. The number of carbonyl (C=O) groups excluding carboxylic acids is 1. The topological polar surface area (TPSA) is 56.2 Å². The van der Waals surface area contributed by atoms with Gasteiger partial charge in [-0.05, 0) is 58.9 Å². The number of hydrogen-bond donors (Lipinski definition) is 1. The van der Waals surface area contributed by atoms with Crippen molar-refractivity contribution in [3.63, 3.8) is 0 Å². The molecule has 21 heavy (non-hydrogen) atoms. The van der Waals surface area contributed by atoms with Crippen LogP contribution in [0.15, 0.2) is 6.33 Å². The summed E-state index contributed by atoms with van der Waals surface area (Å²) in [5.74, 6) is -0.190. The highest BCUT2D eigenvalue weighted by Gasteiger charge is 2.31. The van der Waals surface area contributed by atoms with Crippen molar-refractivity contribution >= 4 is 5.97 Å².